The number of ether oxygens (including phenoxy) is 1. The van der Waals surface area contributed by atoms with E-state index in [2.05, 4.69) is 15.7 Å². The molecule has 4 rings (SSSR count). The average Bonchev–Trinajstić information content (AvgIpc) is 3.11. The SMILES string of the molecule is Cn1nc(-c2ccc(F)cc2)cc1C(=O)Nc1ccc([C@H]2CNCCO2)cc1. The molecular weight excluding hydrogens is 359 g/mol. The fourth-order valence-electron chi connectivity index (χ4n) is 3.20. The molecule has 1 aliphatic heterocycles. The molecule has 1 amide bonds. The molecule has 144 valence electrons. The molecule has 28 heavy (non-hydrogen) atoms. The zero-order chi connectivity index (χ0) is 19.5. The molecule has 2 aromatic carbocycles. The third kappa shape index (κ3) is 3.95. The molecule has 0 spiro atoms. The van der Waals surface area contributed by atoms with Crippen LogP contribution in [0.3, 0.4) is 0 Å². The molecule has 1 aliphatic rings. The van der Waals surface area contributed by atoms with Crippen molar-refractivity contribution < 1.29 is 13.9 Å². The zero-order valence-corrected chi connectivity index (χ0v) is 15.5. The van der Waals surface area contributed by atoms with Gasteiger partial charge in [0.05, 0.1) is 18.4 Å². The van der Waals surface area contributed by atoms with Crippen molar-refractivity contribution in [1.82, 2.24) is 15.1 Å². The quantitative estimate of drug-likeness (QED) is 0.730. The predicted octanol–water partition coefficient (Wildman–Crippen LogP) is 3.14. The molecule has 1 saturated heterocycles. The van der Waals surface area contributed by atoms with Crippen molar-refractivity contribution in [3.8, 4) is 11.3 Å². The minimum Gasteiger partial charge on any atom is -0.371 e. The van der Waals surface area contributed by atoms with E-state index < -0.39 is 0 Å². The van der Waals surface area contributed by atoms with Crippen LogP contribution in [0.5, 0.6) is 0 Å². The number of rotatable bonds is 4. The van der Waals surface area contributed by atoms with Gasteiger partial charge in [-0.25, -0.2) is 4.39 Å². The van der Waals surface area contributed by atoms with Crippen LogP contribution in [-0.2, 0) is 11.8 Å². The lowest BCUT2D eigenvalue weighted by molar-refractivity contribution is 0.0277. The zero-order valence-electron chi connectivity index (χ0n) is 15.5. The second-order valence-corrected chi connectivity index (χ2v) is 6.69. The van der Waals surface area contributed by atoms with Gasteiger partial charge in [-0.2, -0.15) is 5.10 Å². The first kappa shape index (κ1) is 18.3. The first-order chi connectivity index (χ1) is 13.6. The van der Waals surface area contributed by atoms with Crippen LogP contribution in [0.1, 0.15) is 22.2 Å². The number of carbonyl (C=O) groups is 1. The Labute approximate surface area is 162 Å². The van der Waals surface area contributed by atoms with E-state index in [-0.39, 0.29) is 17.8 Å². The monoisotopic (exact) mass is 380 g/mol. The molecule has 3 aromatic rings. The average molecular weight is 380 g/mol. The lowest BCUT2D eigenvalue weighted by Gasteiger charge is -2.24. The van der Waals surface area contributed by atoms with Crippen LogP contribution in [0.15, 0.2) is 54.6 Å². The number of hydrogen-bond donors (Lipinski definition) is 2. The van der Waals surface area contributed by atoms with Gasteiger partial charge in [0.15, 0.2) is 0 Å². The number of amides is 1. The van der Waals surface area contributed by atoms with E-state index in [0.29, 0.717) is 23.7 Å². The maximum atomic E-state index is 13.1. The van der Waals surface area contributed by atoms with Gasteiger partial charge in [-0.1, -0.05) is 12.1 Å². The van der Waals surface area contributed by atoms with Crippen molar-refractivity contribution in [3.63, 3.8) is 0 Å². The molecule has 0 saturated carbocycles. The number of nitrogens with zero attached hydrogens (tertiary/aromatic N) is 2. The summed E-state index contributed by atoms with van der Waals surface area (Å²) in [6, 6.07) is 15.4. The summed E-state index contributed by atoms with van der Waals surface area (Å²) in [6.45, 7) is 2.35. The molecule has 6 nitrogen and oxygen atoms in total. The molecule has 2 heterocycles. The Morgan fingerprint density at radius 3 is 2.64 bits per heavy atom. The maximum absolute atomic E-state index is 13.1. The van der Waals surface area contributed by atoms with Gasteiger partial charge in [-0.15, -0.1) is 0 Å². The van der Waals surface area contributed by atoms with E-state index in [1.807, 2.05) is 24.3 Å². The molecule has 0 unspecified atom stereocenters. The molecule has 1 fully saturated rings. The number of halogens is 1. The summed E-state index contributed by atoms with van der Waals surface area (Å²) in [6.07, 6.45) is 0.0360. The van der Waals surface area contributed by atoms with Crippen LogP contribution < -0.4 is 10.6 Å². The Morgan fingerprint density at radius 1 is 1.21 bits per heavy atom. The van der Waals surface area contributed by atoms with E-state index in [1.54, 1.807) is 25.2 Å². The smallest absolute Gasteiger partial charge is 0.273 e. The van der Waals surface area contributed by atoms with Gasteiger partial charge in [0.1, 0.15) is 11.5 Å². The molecule has 1 atom stereocenters. The summed E-state index contributed by atoms with van der Waals surface area (Å²) < 4.78 is 20.4. The Morgan fingerprint density at radius 2 is 1.96 bits per heavy atom. The molecule has 0 bridgehead atoms. The van der Waals surface area contributed by atoms with E-state index in [0.717, 1.165) is 24.2 Å². The van der Waals surface area contributed by atoms with Gasteiger partial charge in [0.2, 0.25) is 0 Å². The van der Waals surface area contributed by atoms with Crippen LogP contribution in [0.2, 0.25) is 0 Å². The van der Waals surface area contributed by atoms with Gasteiger partial charge in [0.25, 0.3) is 5.91 Å². The van der Waals surface area contributed by atoms with Gasteiger partial charge in [-0.05, 0) is 48.0 Å². The van der Waals surface area contributed by atoms with Gasteiger partial charge in [-0.3, -0.25) is 9.48 Å². The maximum Gasteiger partial charge on any atom is 0.273 e. The summed E-state index contributed by atoms with van der Waals surface area (Å²) in [5.41, 5.74) is 3.56. The van der Waals surface area contributed by atoms with Crippen molar-refractivity contribution in [1.29, 1.82) is 0 Å². The van der Waals surface area contributed by atoms with Crippen LogP contribution in [0.25, 0.3) is 11.3 Å². The first-order valence-corrected chi connectivity index (χ1v) is 9.14. The van der Waals surface area contributed by atoms with Gasteiger partial charge < -0.3 is 15.4 Å². The summed E-state index contributed by atoms with van der Waals surface area (Å²) in [4.78, 5) is 12.7. The highest BCUT2D eigenvalue weighted by Crippen LogP contribution is 2.22. The molecule has 0 aliphatic carbocycles. The highest BCUT2D eigenvalue weighted by molar-refractivity contribution is 6.03. The summed E-state index contributed by atoms with van der Waals surface area (Å²) in [5, 5.41) is 10.5. The lowest BCUT2D eigenvalue weighted by atomic mass is 10.1. The van der Waals surface area contributed by atoms with Crippen LogP contribution in [0, 0.1) is 5.82 Å². The van der Waals surface area contributed by atoms with Crippen LogP contribution >= 0.6 is 0 Å². The van der Waals surface area contributed by atoms with Crippen LogP contribution in [0.4, 0.5) is 10.1 Å². The van der Waals surface area contributed by atoms with Crippen molar-refractivity contribution in [2.75, 3.05) is 25.0 Å². The van der Waals surface area contributed by atoms with Crippen LogP contribution in [-0.4, -0.2) is 35.4 Å². The highest BCUT2D eigenvalue weighted by atomic mass is 19.1. The normalized spacial score (nSPS) is 16.7. The molecule has 2 N–H and O–H groups in total. The van der Waals surface area contributed by atoms with E-state index in [9.17, 15) is 9.18 Å². The molecule has 7 heteroatoms. The molecular formula is C21H21FN4O2. The standard InChI is InChI=1S/C21H21FN4O2/c1-26-19(12-18(25-26)14-2-6-16(22)7-3-14)21(27)24-17-8-4-15(5-9-17)20-13-23-10-11-28-20/h2-9,12,20,23H,10-11,13H2,1H3,(H,24,27)/t20-/m1/s1. The number of hydrogen-bond acceptors (Lipinski definition) is 4. The first-order valence-electron chi connectivity index (χ1n) is 9.14. The van der Waals surface area contributed by atoms with E-state index in [1.165, 1.54) is 16.8 Å². The number of morpholine rings is 1. The molecule has 1 aromatic heterocycles. The Hall–Kier alpha value is -3.03. The third-order valence-electron chi connectivity index (χ3n) is 4.72. The number of aryl methyl sites for hydroxylation is 1. The fraction of sp³-hybridized carbons (Fsp3) is 0.238. The number of benzene rings is 2. The van der Waals surface area contributed by atoms with Crippen molar-refractivity contribution in [3.05, 3.63) is 71.7 Å². The Kier molecular flexibility index (Phi) is 5.18. The highest BCUT2D eigenvalue weighted by Gasteiger charge is 2.17. The number of anilines is 1. The Balaban J connectivity index is 1.47. The lowest BCUT2D eigenvalue weighted by Crippen LogP contribution is -2.33. The Bertz CT molecular complexity index is 961. The van der Waals surface area contributed by atoms with Gasteiger partial charge >= 0.3 is 0 Å². The predicted molar refractivity (Wildman–Crippen MR) is 105 cm³/mol. The van der Waals surface area contributed by atoms with E-state index >= 15 is 0 Å². The number of carbonyl (C=O) groups excluding carboxylic acids is 1. The second-order valence-electron chi connectivity index (χ2n) is 6.69. The number of nitrogens with one attached hydrogen (secondary N) is 2. The number of aromatic nitrogens is 2. The summed E-state index contributed by atoms with van der Waals surface area (Å²) >= 11 is 0. The van der Waals surface area contributed by atoms with E-state index in [4.69, 9.17) is 4.74 Å². The minimum absolute atomic E-state index is 0.0360. The van der Waals surface area contributed by atoms with Crippen molar-refractivity contribution in [2.24, 2.45) is 7.05 Å². The minimum atomic E-state index is -0.310. The topological polar surface area (TPSA) is 68.2 Å². The van der Waals surface area contributed by atoms with Gasteiger partial charge in [0, 0.05) is 31.4 Å². The second kappa shape index (κ2) is 7.92. The molecule has 0 radical (unpaired) electrons. The summed E-state index contributed by atoms with van der Waals surface area (Å²) in [5.74, 6) is -0.567. The van der Waals surface area contributed by atoms with Crippen molar-refractivity contribution >= 4 is 11.6 Å². The van der Waals surface area contributed by atoms with Crippen molar-refractivity contribution in [2.45, 2.75) is 6.10 Å². The largest absolute Gasteiger partial charge is 0.371 e. The third-order valence-corrected chi connectivity index (χ3v) is 4.72. The summed E-state index contributed by atoms with van der Waals surface area (Å²) in [7, 11) is 1.71. The fourth-order valence-corrected chi connectivity index (χ4v) is 3.20.